The lowest BCUT2D eigenvalue weighted by Gasteiger charge is -2.05. The van der Waals surface area contributed by atoms with Gasteiger partial charge in [-0.3, -0.25) is 4.99 Å². The highest BCUT2D eigenvalue weighted by Gasteiger charge is 2.15. The number of guanidine groups is 1. The highest BCUT2D eigenvalue weighted by atomic mass is 15.4. The maximum absolute atomic E-state index is 4.31. The molecule has 1 aromatic carbocycles. The first-order valence-electron chi connectivity index (χ1n) is 9.27. The van der Waals surface area contributed by atoms with Gasteiger partial charge in [-0.2, -0.15) is 5.10 Å². The number of rotatable bonds is 5. The van der Waals surface area contributed by atoms with Gasteiger partial charge in [0, 0.05) is 24.7 Å². The zero-order chi connectivity index (χ0) is 19.2. The van der Waals surface area contributed by atoms with Crippen LogP contribution >= 0.6 is 0 Å². The molecule has 0 spiro atoms. The molecule has 0 aliphatic rings. The average molecular weight is 363 g/mol. The third kappa shape index (κ3) is 4.34. The molecule has 2 N–H and O–H groups in total. The Kier molecular flexibility index (Phi) is 5.86. The fraction of sp³-hybridized carbons (Fsp3) is 0.286. The van der Waals surface area contributed by atoms with Gasteiger partial charge in [-0.15, -0.1) is 0 Å². The van der Waals surface area contributed by atoms with Gasteiger partial charge >= 0.3 is 0 Å². The molecule has 0 saturated carbocycles. The van der Waals surface area contributed by atoms with Gasteiger partial charge in [0.1, 0.15) is 6.20 Å². The first-order chi connectivity index (χ1) is 13.1. The fourth-order valence-corrected chi connectivity index (χ4v) is 2.98. The molecule has 3 rings (SSSR count). The van der Waals surface area contributed by atoms with Crippen molar-refractivity contribution in [2.24, 2.45) is 17.1 Å². The number of aromatic nitrogens is 2. The molecule has 0 atom stereocenters. The monoisotopic (exact) mass is 363 g/mol. The molecule has 27 heavy (non-hydrogen) atoms. The largest absolute Gasteiger partial charge is 0.355 e. The van der Waals surface area contributed by atoms with E-state index in [1.165, 1.54) is 16.8 Å². The number of hydrogen-bond acceptors (Lipinski definition) is 2. The standard InChI is InChI=1S/C21H27N6/c1-5-22-21(23-6-2)25-24-13-17-8-10-18(11-9-17)19-15-27-14-16(3)7-12-20(27)26(19)4/h7-15H,5-6H2,1-4H3,(H2,22,23,25)/q+1/b24-13-. The van der Waals surface area contributed by atoms with Gasteiger partial charge in [-0.05, 0) is 50.1 Å². The van der Waals surface area contributed by atoms with E-state index in [1.807, 2.05) is 13.8 Å². The van der Waals surface area contributed by atoms with Crippen molar-refractivity contribution in [1.82, 2.24) is 15.3 Å². The van der Waals surface area contributed by atoms with Gasteiger partial charge in [-0.25, -0.2) is 14.4 Å². The van der Waals surface area contributed by atoms with Crippen LogP contribution in [0.15, 0.2) is 58.9 Å². The van der Waals surface area contributed by atoms with Crippen molar-refractivity contribution < 1.29 is 4.40 Å². The molecular formula is C21H27N6+. The molecule has 0 aliphatic heterocycles. The van der Waals surface area contributed by atoms with Gasteiger partial charge in [0.15, 0.2) is 5.69 Å². The minimum atomic E-state index is 0.690. The number of benzene rings is 1. The van der Waals surface area contributed by atoms with Crippen molar-refractivity contribution in [3.05, 3.63) is 59.9 Å². The van der Waals surface area contributed by atoms with Crippen LogP contribution < -0.4 is 15.1 Å². The number of hydrogen-bond donors (Lipinski definition) is 2. The minimum Gasteiger partial charge on any atom is -0.355 e. The first kappa shape index (κ1) is 18.6. The normalized spacial score (nSPS) is 12.1. The van der Waals surface area contributed by atoms with Crippen molar-refractivity contribution in [2.45, 2.75) is 20.8 Å². The summed E-state index contributed by atoms with van der Waals surface area (Å²) in [6, 6.07) is 12.7. The SMILES string of the molecule is CCN=C(NCC)N/N=C\c1ccc(-c2c[n+]3cc(C)ccc3n2C)cc1. The van der Waals surface area contributed by atoms with Crippen LogP contribution in [0.3, 0.4) is 0 Å². The molecule has 0 aliphatic carbocycles. The Morgan fingerprint density at radius 2 is 1.89 bits per heavy atom. The number of nitrogens with zero attached hydrogens (tertiary/aromatic N) is 4. The third-order valence-corrected chi connectivity index (χ3v) is 4.32. The van der Waals surface area contributed by atoms with E-state index in [2.05, 4.69) is 92.6 Å². The topological polar surface area (TPSA) is 57.8 Å². The minimum absolute atomic E-state index is 0.690. The smallest absolute Gasteiger partial charge is 0.286 e. The van der Waals surface area contributed by atoms with Crippen LogP contribution in [0.2, 0.25) is 0 Å². The maximum atomic E-state index is 4.31. The first-order valence-corrected chi connectivity index (χ1v) is 9.27. The number of nitrogens with one attached hydrogen (secondary N) is 2. The Hall–Kier alpha value is -3.15. The summed E-state index contributed by atoms with van der Waals surface area (Å²) < 4.78 is 4.37. The molecule has 0 amide bonds. The van der Waals surface area contributed by atoms with Crippen LogP contribution in [-0.4, -0.2) is 29.8 Å². The predicted octanol–water partition coefficient (Wildman–Crippen LogP) is 2.65. The second-order valence-electron chi connectivity index (χ2n) is 6.39. The fourth-order valence-electron chi connectivity index (χ4n) is 2.98. The lowest BCUT2D eigenvalue weighted by Crippen LogP contribution is -2.34. The van der Waals surface area contributed by atoms with E-state index in [-0.39, 0.29) is 0 Å². The number of aliphatic imine (C=N–C) groups is 1. The molecular weight excluding hydrogens is 336 g/mol. The van der Waals surface area contributed by atoms with Crippen LogP contribution in [0.4, 0.5) is 0 Å². The summed E-state index contributed by atoms with van der Waals surface area (Å²) in [5.74, 6) is 0.690. The molecule has 6 heteroatoms. The molecule has 2 heterocycles. The number of pyridine rings is 1. The van der Waals surface area contributed by atoms with Crippen molar-refractivity contribution in [3.8, 4) is 11.3 Å². The third-order valence-electron chi connectivity index (χ3n) is 4.32. The summed E-state index contributed by atoms with van der Waals surface area (Å²) >= 11 is 0. The molecule has 3 aromatic rings. The van der Waals surface area contributed by atoms with E-state index in [4.69, 9.17) is 0 Å². The average Bonchev–Trinajstić information content (AvgIpc) is 2.98. The number of imidazole rings is 1. The zero-order valence-corrected chi connectivity index (χ0v) is 16.4. The molecule has 0 fully saturated rings. The van der Waals surface area contributed by atoms with Crippen LogP contribution in [0.25, 0.3) is 16.9 Å². The molecule has 0 radical (unpaired) electrons. The van der Waals surface area contributed by atoms with Gasteiger partial charge < -0.3 is 5.32 Å². The molecule has 6 nitrogen and oxygen atoms in total. The molecule has 0 bridgehead atoms. The van der Waals surface area contributed by atoms with Crippen LogP contribution in [0.5, 0.6) is 0 Å². The summed E-state index contributed by atoms with van der Waals surface area (Å²) in [7, 11) is 2.09. The summed E-state index contributed by atoms with van der Waals surface area (Å²) in [6.45, 7) is 7.64. The Morgan fingerprint density at radius 3 is 2.59 bits per heavy atom. The van der Waals surface area contributed by atoms with E-state index < -0.39 is 0 Å². The molecule has 0 unspecified atom stereocenters. The zero-order valence-electron chi connectivity index (χ0n) is 16.4. The second kappa shape index (κ2) is 8.49. The van der Waals surface area contributed by atoms with Crippen molar-refractivity contribution in [1.29, 1.82) is 0 Å². The van der Waals surface area contributed by atoms with Crippen molar-refractivity contribution >= 4 is 17.8 Å². The lowest BCUT2D eigenvalue weighted by atomic mass is 10.1. The highest BCUT2D eigenvalue weighted by molar-refractivity contribution is 5.84. The van der Waals surface area contributed by atoms with Gasteiger partial charge in [0.2, 0.25) is 5.96 Å². The summed E-state index contributed by atoms with van der Waals surface area (Å²) in [4.78, 5) is 4.31. The summed E-state index contributed by atoms with van der Waals surface area (Å²) in [5, 5.41) is 7.41. The molecule has 0 saturated heterocycles. The van der Waals surface area contributed by atoms with E-state index in [9.17, 15) is 0 Å². The van der Waals surface area contributed by atoms with Crippen molar-refractivity contribution in [2.75, 3.05) is 13.1 Å². The lowest BCUT2D eigenvalue weighted by molar-refractivity contribution is -0.510. The van der Waals surface area contributed by atoms with E-state index >= 15 is 0 Å². The number of aryl methyl sites for hydroxylation is 2. The Bertz CT molecular complexity index is 966. The van der Waals surface area contributed by atoms with E-state index in [0.29, 0.717) is 12.5 Å². The number of fused-ring (bicyclic) bond motifs is 1. The van der Waals surface area contributed by atoms with Crippen LogP contribution in [0.1, 0.15) is 25.0 Å². The van der Waals surface area contributed by atoms with E-state index in [1.54, 1.807) is 6.21 Å². The van der Waals surface area contributed by atoms with Crippen LogP contribution in [-0.2, 0) is 7.05 Å². The van der Waals surface area contributed by atoms with E-state index in [0.717, 1.165) is 17.8 Å². The maximum Gasteiger partial charge on any atom is 0.286 e. The Labute approximate surface area is 160 Å². The van der Waals surface area contributed by atoms with Gasteiger partial charge in [0.05, 0.1) is 19.5 Å². The highest BCUT2D eigenvalue weighted by Crippen LogP contribution is 2.20. The Morgan fingerprint density at radius 1 is 1.11 bits per heavy atom. The second-order valence-corrected chi connectivity index (χ2v) is 6.39. The van der Waals surface area contributed by atoms with Gasteiger partial charge in [-0.1, -0.05) is 12.1 Å². The molecule has 140 valence electrons. The number of hydrazone groups is 1. The summed E-state index contributed by atoms with van der Waals surface area (Å²) in [6.07, 6.45) is 6.11. The Balaban J connectivity index is 1.77. The summed E-state index contributed by atoms with van der Waals surface area (Å²) in [5.41, 5.74) is 8.73. The van der Waals surface area contributed by atoms with Crippen molar-refractivity contribution in [3.63, 3.8) is 0 Å². The van der Waals surface area contributed by atoms with Gasteiger partial charge in [0.25, 0.3) is 5.65 Å². The molecule has 2 aromatic heterocycles. The predicted molar refractivity (Wildman–Crippen MR) is 111 cm³/mol. The van der Waals surface area contributed by atoms with Crippen LogP contribution in [0, 0.1) is 6.92 Å². The quantitative estimate of drug-likeness (QED) is 0.317.